The molecular formula is C17H12O7. The number of ketones is 1. The summed E-state index contributed by atoms with van der Waals surface area (Å²) >= 11 is 0. The molecule has 1 aliphatic carbocycles. The molecule has 1 aromatic heterocycles. The molecule has 2 atom stereocenters. The van der Waals surface area contributed by atoms with Gasteiger partial charge < -0.3 is 23.7 Å². The summed E-state index contributed by atoms with van der Waals surface area (Å²) in [7, 11) is 1.48. The zero-order valence-corrected chi connectivity index (χ0v) is 12.6. The van der Waals surface area contributed by atoms with Gasteiger partial charge in [-0.15, -0.1) is 0 Å². The molecule has 1 N–H and O–H groups in total. The fourth-order valence-electron chi connectivity index (χ4n) is 3.75. The predicted octanol–water partition coefficient (Wildman–Crippen LogP) is 1.38. The Morgan fingerprint density at radius 1 is 1.33 bits per heavy atom. The van der Waals surface area contributed by atoms with Gasteiger partial charge in [-0.1, -0.05) is 0 Å². The van der Waals surface area contributed by atoms with Crippen molar-refractivity contribution in [2.24, 2.45) is 0 Å². The van der Waals surface area contributed by atoms with Crippen molar-refractivity contribution in [3.63, 3.8) is 0 Å². The second kappa shape index (κ2) is 4.18. The van der Waals surface area contributed by atoms with E-state index in [1.807, 2.05) is 0 Å². The molecule has 0 saturated carbocycles. The molecule has 0 bridgehead atoms. The Morgan fingerprint density at radius 3 is 2.96 bits per heavy atom. The molecule has 3 aliphatic rings. The fourth-order valence-corrected chi connectivity index (χ4v) is 3.75. The third kappa shape index (κ3) is 1.41. The lowest BCUT2D eigenvalue weighted by Gasteiger charge is -2.19. The van der Waals surface area contributed by atoms with Crippen molar-refractivity contribution in [3.05, 3.63) is 45.5 Å². The van der Waals surface area contributed by atoms with Gasteiger partial charge in [0.15, 0.2) is 17.0 Å². The van der Waals surface area contributed by atoms with E-state index >= 15 is 0 Å². The molecule has 1 unspecified atom stereocenters. The Balaban J connectivity index is 1.97. The summed E-state index contributed by atoms with van der Waals surface area (Å²) in [5, 5.41) is 11.5. The predicted molar refractivity (Wildman–Crippen MR) is 80.2 cm³/mol. The van der Waals surface area contributed by atoms with Gasteiger partial charge in [0.1, 0.15) is 17.1 Å². The molecule has 7 heteroatoms. The zero-order chi connectivity index (χ0) is 16.6. The van der Waals surface area contributed by atoms with Gasteiger partial charge in [0, 0.05) is 12.5 Å². The monoisotopic (exact) mass is 328 g/mol. The first-order valence-electron chi connectivity index (χ1n) is 7.51. The van der Waals surface area contributed by atoms with Crippen LogP contribution >= 0.6 is 0 Å². The van der Waals surface area contributed by atoms with E-state index in [1.165, 1.54) is 19.4 Å². The molecule has 7 nitrogen and oxygen atoms in total. The number of hydrogen-bond donors (Lipinski definition) is 1. The topological polar surface area (TPSA) is 95.2 Å². The van der Waals surface area contributed by atoms with E-state index in [4.69, 9.17) is 18.6 Å². The molecular weight excluding hydrogens is 316 g/mol. The van der Waals surface area contributed by atoms with Gasteiger partial charge in [-0.2, -0.15) is 0 Å². The molecule has 1 aromatic carbocycles. The highest BCUT2D eigenvalue weighted by molar-refractivity contribution is 6.06. The van der Waals surface area contributed by atoms with E-state index in [-0.39, 0.29) is 23.4 Å². The van der Waals surface area contributed by atoms with E-state index in [0.717, 1.165) is 0 Å². The van der Waals surface area contributed by atoms with E-state index in [2.05, 4.69) is 0 Å². The van der Waals surface area contributed by atoms with E-state index in [1.54, 1.807) is 6.07 Å². The standard InChI is InChI=1S/C17H12O7/c1-21-9-6-10-13(17(20)4-5-22-16(17)23-10)14-12(9)7-2-3-8(18)11(7)15(19)24-14/h4-6,16,20H,2-3H2,1H3/t16?,17-/m0/s1. The van der Waals surface area contributed by atoms with Crippen LogP contribution in [0, 0.1) is 0 Å². The molecule has 5 rings (SSSR count). The molecule has 2 aromatic rings. The average molecular weight is 328 g/mol. The summed E-state index contributed by atoms with van der Waals surface area (Å²) in [6.45, 7) is 0. The number of methoxy groups -OCH3 is 1. The third-order valence-electron chi connectivity index (χ3n) is 4.83. The van der Waals surface area contributed by atoms with Crippen LogP contribution in [0.5, 0.6) is 11.5 Å². The Labute approximate surface area is 135 Å². The number of aliphatic hydroxyl groups is 1. The average Bonchev–Trinajstić information content (AvgIpc) is 3.17. The van der Waals surface area contributed by atoms with E-state index in [0.29, 0.717) is 34.4 Å². The molecule has 0 spiro atoms. The van der Waals surface area contributed by atoms with Crippen molar-refractivity contribution >= 4 is 16.8 Å². The maximum Gasteiger partial charge on any atom is 0.347 e. The molecule has 0 radical (unpaired) electrons. The summed E-state index contributed by atoms with van der Waals surface area (Å²) in [6, 6.07) is 1.62. The van der Waals surface area contributed by atoms with Gasteiger partial charge in [0.2, 0.25) is 0 Å². The molecule has 0 saturated heterocycles. The number of rotatable bonds is 1. The van der Waals surface area contributed by atoms with Crippen molar-refractivity contribution < 1.29 is 28.5 Å². The van der Waals surface area contributed by atoms with Crippen molar-refractivity contribution in [2.45, 2.75) is 24.7 Å². The minimum atomic E-state index is -1.55. The first-order valence-corrected chi connectivity index (χ1v) is 7.51. The summed E-state index contributed by atoms with van der Waals surface area (Å²) < 4.78 is 21.7. The van der Waals surface area contributed by atoms with Crippen molar-refractivity contribution in [1.82, 2.24) is 0 Å². The fraction of sp³-hybridized carbons (Fsp3) is 0.294. The lowest BCUT2D eigenvalue weighted by atomic mass is 9.92. The summed E-state index contributed by atoms with van der Waals surface area (Å²) in [4.78, 5) is 24.3. The Hall–Kier alpha value is -2.80. The number of carbonyl (C=O) groups excluding carboxylic acids is 1. The number of Topliss-reactive ketones (excluding diaryl/α,β-unsaturated/α-hetero) is 1. The van der Waals surface area contributed by atoms with Gasteiger partial charge in [-0.25, -0.2) is 4.79 Å². The molecule has 0 fully saturated rings. The van der Waals surface area contributed by atoms with Crippen LogP contribution in [0.4, 0.5) is 0 Å². The van der Waals surface area contributed by atoms with Crippen molar-refractivity contribution in [2.75, 3.05) is 7.11 Å². The van der Waals surface area contributed by atoms with Gasteiger partial charge in [0.05, 0.1) is 24.3 Å². The Kier molecular flexibility index (Phi) is 2.37. The van der Waals surface area contributed by atoms with Crippen LogP contribution in [0.25, 0.3) is 11.0 Å². The van der Waals surface area contributed by atoms with E-state index < -0.39 is 17.5 Å². The van der Waals surface area contributed by atoms with Crippen LogP contribution in [-0.2, 0) is 16.8 Å². The maximum absolute atomic E-state index is 12.3. The van der Waals surface area contributed by atoms with Gasteiger partial charge in [0.25, 0.3) is 6.29 Å². The minimum absolute atomic E-state index is 0.0708. The Bertz CT molecular complexity index is 1020. The number of hydrogen-bond acceptors (Lipinski definition) is 7. The SMILES string of the molecule is COc1cc2c(c3oc(=O)c4c(c13)CCC4=O)[C@@]1(O)C=COC1O2. The quantitative estimate of drug-likeness (QED) is 0.790. The van der Waals surface area contributed by atoms with Crippen LogP contribution in [0.15, 0.2) is 27.6 Å². The first kappa shape index (κ1) is 13.6. The second-order valence-corrected chi connectivity index (χ2v) is 6.04. The molecule has 3 heterocycles. The zero-order valence-electron chi connectivity index (χ0n) is 12.6. The largest absolute Gasteiger partial charge is 0.496 e. The molecule has 24 heavy (non-hydrogen) atoms. The normalized spacial score (nSPS) is 26.1. The first-order chi connectivity index (χ1) is 11.5. The van der Waals surface area contributed by atoms with Crippen LogP contribution in [0.2, 0.25) is 0 Å². The highest BCUT2D eigenvalue weighted by Gasteiger charge is 2.53. The minimum Gasteiger partial charge on any atom is -0.496 e. The van der Waals surface area contributed by atoms with Crippen LogP contribution < -0.4 is 15.1 Å². The van der Waals surface area contributed by atoms with Crippen LogP contribution in [-0.4, -0.2) is 24.3 Å². The van der Waals surface area contributed by atoms with Crippen molar-refractivity contribution in [1.29, 1.82) is 0 Å². The molecule has 0 amide bonds. The number of carbonyl (C=O) groups is 1. The Morgan fingerprint density at radius 2 is 2.17 bits per heavy atom. The smallest absolute Gasteiger partial charge is 0.347 e. The second-order valence-electron chi connectivity index (χ2n) is 6.04. The van der Waals surface area contributed by atoms with Gasteiger partial charge >= 0.3 is 5.63 Å². The lowest BCUT2D eigenvalue weighted by molar-refractivity contribution is -0.109. The van der Waals surface area contributed by atoms with Crippen molar-refractivity contribution in [3.8, 4) is 11.5 Å². The third-order valence-corrected chi connectivity index (χ3v) is 4.83. The number of ether oxygens (including phenoxy) is 3. The van der Waals surface area contributed by atoms with Crippen LogP contribution in [0.3, 0.4) is 0 Å². The highest BCUT2D eigenvalue weighted by Crippen LogP contribution is 2.52. The molecule has 122 valence electrons. The van der Waals surface area contributed by atoms with Gasteiger partial charge in [-0.05, 0) is 18.1 Å². The lowest BCUT2D eigenvalue weighted by Crippen LogP contribution is -2.33. The summed E-state index contributed by atoms with van der Waals surface area (Å²) in [5.74, 6) is 0.509. The highest BCUT2D eigenvalue weighted by atomic mass is 16.7. The number of benzene rings is 1. The number of aryl methyl sites for hydroxylation is 1. The summed E-state index contributed by atoms with van der Waals surface area (Å²) in [5.41, 5.74) is -1.10. The van der Waals surface area contributed by atoms with Crippen LogP contribution in [0.1, 0.15) is 27.9 Å². The van der Waals surface area contributed by atoms with Gasteiger partial charge in [-0.3, -0.25) is 4.79 Å². The molecule has 2 aliphatic heterocycles. The number of fused-ring (bicyclic) bond motifs is 7. The maximum atomic E-state index is 12.3. The summed E-state index contributed by atoms with van der Waals surface area (Å²) in [6.07, 6.45) is 2.54. The van der Waals surface area contributed by atoms with E-state index in [9.17, 15) is 14.7 Å².